The van der Waals surface area contributed by atoms with Gasteiger partial charge in [-0.05, 0) is 36.6 Å². The maximum Gasteiger partial charge on any atom is 0.265 e. The summed E-state index contributed by atoms with van der Waals surface area (Å²) in [4.78, 5) is 13.9. The van der Waals surface area contributed by atoms with Gasteiger partial charge in [0.1, 0.15) is 5.75 Å². The number of anilines is 2. The van der Waals surface area contributed by atoms with Crippen molar-refractivity contribution >= 4 is 17.3 Å². The van der Waals surface area contributed by atoms with E-state index in [0.29, 0.717) is 0 Å². The van der Waals surface area contributed by atoms with Gasteiger partial charge in [0, 0.05) is 24.8 Å². The lowest BCUT2D eigenvalue weighted by molar-refractivity contribution is -0.121. The highest BCUT2D eigenvalue weighted by Crippen LogP contribution is 2.34. The molecule has 1 aliphatic rings. The monoisotopic (exact) mass is 324 g/mol. The number of carbonyl (C=O) groups is 1. The third-order valence-electron chi connectivity index (χ3n) is 4.38. The van der Waals surface area contributed by atoms with Crippen LogP contribution in [0.4, 0.5) is 11.4 Å². The molecular formula is C20H24N2O2. The van der Waals surface area contributed by atoms with Gasteiger partial charge in [-0.3, -0.25) is 4.79 Å². The Labute approximate surface area is 143 Å². The number of aryl methyl sites for hydroxylation is 1. The van der Waals surface area contributed by atoms with E-state index in [1.54, 1.807) is 0 Å². The first-order valence-corrected chi connectivity index (χ1v) is 8.54. The number of amides is 1. The zero-order valence-corrected chi connectivity index (χ0v) is 14.3. The predicted octanol–water partition coefficient (Wildman–Crippen LogP) is 4.13. The molecule has 1 N–H and O–H groups in total. The van der Waals surface area contributed by atoms with Gasteiger partial charge in [0.05, 0.1) is 5.69 Å². The van der Waals surface area contributed by atoms with E-state index in [-0.39, 0.29) is 12.5 Å². The number of carbonyl (C=O) groups excluding carboxylic acids is 1. The average Bonchev–Trinajstić information content (AvgIpc) is 2.60. The van der Waals surface area contributed by atoms with Crippen LogP contribution in [0.2, 0.25) is 0 Å². The van der Waals surface area contributed by atoms with Crippen molar-refractivity contribution in [2.45, 2.75) is 33.2 Å². The average molecular weight is 324 g/mol. The molecule has 0 atom stereocenters. The van der Waals surface area contributed by atoms with Gasteiger partial charge in [0.2, 0.25) is 0 Å². The zero-order chi connectivity index (χ0) is 16.9. The summed E-state index contributed by atoms with van der Waals surface area (Å²) in [6, 6.07) is 14.3. The Kier molecular flexibility index (Phi) is 5.04. The highest BCUT2D eigenvalue weighted by atomic mass is 16.5. The van der Waals surface area contributed by atoms with Crippen molar-refractivity contribution in [2.24, 2.45) is 0 Å². The maximum absolute atomic E-state index is 12.1. The lowest BCUT2D eigenvalue weighted by Gasteiger charge is -2.29. The number of unbranched alkanes of at least 4 members (excludes halogenated alkanes) is 1. The standard InChI is InChI=1S/C20H24N2O2/c1-3-4-11-22-18-10-9-17(12-19(18)24-14-20(22)23)21-13-16-8-6-5-7-15(16)2/h5-10,12,21H,3-4,11,13-14H2,1-2H3. The molecule has 4 heteroatoms. The highest BCUT2D eigenvalue weighted by Gasteiger charge is 2.25. The van der Waals surface area contributed by atoms with Gasteiger partial charge in [-0.25, -0.2) is 0 Å². The second kappa shape index (κ2) is 7.39. The van der Waals surface area contributed by atoms with Gasteiger partial charge in [0.25, 0.3) is 5.91 Å². The zero-order valence-electron chi connectivity index (χ0n) is 14.3. The molecule has 1 aliphatic heterocycles. The van der Waals surface area contributed by atoms with Crippen LogP contribution in [-0.4, -0.2) is 19.1 Å². The summed E-state index contributed by atoms with van der Waals surface area (Å²) in [5.74, 6) is 0.817. The first-order valence-electron chi connectivity index (χ1n) is 8.54. The molecule has 126 valence electrons. The summed E-state index contributed by atoms with van der Waals surface area (Å²) in [5, 5.41) is 3.44. The molecule has 0 bridgehead atoms. The summed E-state index contributed by atoms with van der Waals surface area (Å²) >= 11 is 0. The molecule has 3 rings (SSSR count). The Bertz CT molecular complexity index is 727. The smallest absolute Gasteiger partial charge is 0.265 e. The normalized spacial score (nSPS) is 13.4. The molecule has 4 nitrogen and oxygen atoms in total. The lowest BCUT2D eigenvalue weighted by atomic mass is 10.1. The first-order chi connectivity index (χ1) is 11.7. The van der Waals surface area contributed by atoms with E-state index in [0.717, 1.165) is 43.1 Å². The Balaban J connectivity index is 1.74. The SMILES string of the molecule is CCCCN1C(=O)COc2cc(NCc3ccccc3C)ccc21. The summed E-state index contributed by atoms with van der Waals surface area (Å²) in [6.07, 6.45) is 2.06. The number of fused-ring (bicyclic) bond motifs is 1. The summed E-state index contributed by atoms with van der Waals surface area (Å²) in [5.41, 5.74) is 4.43. The Morgan fingerprint density at radius 2 is 2.04 bits per heavy atom. The van der Waals surface area contributed by atoms with E-state index >= 15 is 0 Å². The maximum atomic E-state index is 12.1. The van der Waals surface area contributed by atoms with Gasteiger partial charge in [-0.15, -0.1) is 0 Å². The van der Waals surface area contributed by atoms with Crippen molar-refractivity contribution < 1.29 is 9.53 Å². The molecule has 0 saturated carbocycles. The molecule has 0 aliphatic carbocycles. The van der Waals surface area contributed by atoms with Crippen LogP contribution in [0.3, 0.4) is 0 Å². The molecule has 0 unspecified atom stereocenters. The summed E-state index contributed by atoms with van der Waals surface area (Å²) < 4.78 is 5.63. The first kappa shape index (κ1) is 16.4. The fraction of sp³-hybridized carbons (Fsp3) is 0.350. The number of benzene rings is 2. The number of nitrogens with zero attached hydrogens (tertiary/aromatic N) is 1. The van der Waals surface area contributed by atoms with Gasteiger partial charge in [0.15, 0.2) is 6.61 Å². The van der Waals surface area contributed by atoms with E-state index in [9.17, 15) is 4.79 Å². The molecular weight excluding hydrogens is 300 g/mol. The summed E-state index contributed by atoms with van der Waals surface area (Å²) in [7, 11) is 0. The summed E-state index contributed by atoms with van der Waals surface area (Å²) in [6.45, 7) is 5.89. The molecule has 0 spiro atoms. The fourth-order valence-corrected chi connectivity index (χ4v) is 2.88. The second-order valence-electron chi connectivity index (χ2n) is 6.15. The molecule has 1 heterocycles. The molecule has 0 saturated heterocycles. The topological polar surface area (TPSA) is 41.6 Å². The van der Waals surface area contributed by atoms with Gasteiger partial charge >= 0.3 is 0 Å². The van der Waals surface area contributed by atoms with Crippen LogP contribution in [-0.2, 0) is 11.3 Å². The lowest BCUT2D eigenvalue weighted by Crippen LogP contribution is -2.39. The van der Waals surface area contributed by atoms with E-state index < -0.39 is 0 Å². The van der Waals surface area contributed by atoms with E-state index in [1.807, 2.05) is 29.2 Å². The molecule has 0 aromatic heterocycles. The van der Waals surface area contributed by atoms with Crippen LogP contribution in [0.15, 0.2) is 42.5 Å². The number of rotatable bonds is 6. The predicted molar refractivity (Wildman–Crippen MR) is 97.7 cm³/mol. The Morgan fingerprint density at radius 1 is 1.21 bits per heavy atom. The largest absolute Gasteiger partial charge is 0.481 e. The quantitative estimate of drug-likeness (QED) is 0.868. The molecule has 2 aromatic carbocycles. The van der Waals surface area contributed by atoms with Crippen LogP contribution < -0.4 is 15.0 Å². The number of hydrogen-bond acceptors (Lipinski definition) is 3. The number of ether oxygens (including phenoxy) is 1. The van der Waals surface area contributed by atoms with Crippen molar-refractivity contribution in [3.05, 3.63) is 53.6 Å². The van der Waals surface area contributed by atoms with Crippen molar-refractivity contribution in [1.82, 2.24) is 0 Å². The van der Waals surface area contributed by atoms with Gasteiger partial charge in [-0.2, -0.15) is 0 Å². The van der Waals surface area contributed by atoms with Crippen LogP contribution in [0.25, 0.3) is 0 Å². The fourth-order valence-electron chi connectivity index (χ4n) is 2.88. The molecule has 24 heavy (non-hydrogen) atoms. The molecule has 0 radical (unpaired) electrons. The third kappa shape index (κ3) is 3.53. The van der Waals surface area contributed by atoms with E-state index in [4.69, 9.17) is 4.74 Å². The minimum absolute atomic E-state index is 0.0385. The van der Waals surface area contributed by atoms with Crippen molar-refractivity contribution in [2.75, 3.05) is 23.4 Å². The molecule has 2 aromatic rings. The Hall–Kier alpha value is -2.49. The number of hydrogen-bond donors (Lipinski definition) is 1. The minimum atomic E-state index is 0.0385. The van der Waals surface area contributed by atoms with Crippen molar-refractivity contribution in [3.63, 3.8) is 0 Å². The number of nitrogens with one attached hydrogen (secondary N) is 1. The highest BCUT2D eigenvalue weighted by molar-refractivity contribution is 5.98. The van der Waals surface area contributed by atoms with E-state index in [1.165, 1.54) is 11.1 Å². The molecule has 0 fully saturated rings. The van der Waals surface area contributed by atoms with Crippen LogP contribution in [0.5, 0.6) is 5.75 Å². The third-order valence-corrected chi connectivity index (χ3v) is 4.38. The van der Waals surface area contributed by atoms with Gasteiger partial charge in [-0.1, -0.05) is 37.6 Å². The van der Waals surface area contributed by atoms with Crippen molar-refractivity contribution in [1.29, 1.82) is 0 Å². The van der Waals surface area contributed by atoms with Crippen LogP contribution >= 0.6 is 0 Å². The molecule has 1 amide bonds. The second-order valence-corrected chi connectivity index (χ2v) is 6.15. The Morgan fingerprint density at radius 3 is 2.83 bits per heavy atom. The van der Waals surface area contributed by atoms with E-state index in [2.05, 4.69) is 37.4 Å². The van der Waals surface area contributed by atoms with Crippen LogP contribution in [0, 0.1) is 6.92 Å². The van der Waals surface area contributed by atoms with Crippen LogP contribution in [0.1, 0.15) is 30.9 Å². The van der Waals surface area contributed by atoms with Gasteiger partial charge < -0.3 is 15.0 Å². The minimum Gasteiger partial charge on any atom is -0.481 e. The van der Waals surface area contributed by atoms with Crippen molar-refractivity contribution in [3.8, 4) is 5.75 Å².